The molecule has 0 saturated heterocycles. The Balaban J connectivity index is 1.77. The summed E-state index contributed by atoms with van der Waals surface area (Å²) in [5.41, 5.74) is 3.06. The zero-order valence-corrected chi connectivity index (χ0v) is 15.7. The second kappa shape index (κ2) is 6.96. The van der Waals surface area contributed by atoms with Gasteiger partial charge in [-0.05, 0) is 41.8 Å². The standard InChI is InChI=1S/C21H17FN2O2S/c1-12-9-13(7-8-17(12)26-2)15-11-27-21-19(15)20(25)23-18(24-21)10-14-5-3-4-6-16(14)22/h3-9,11H,10H2,1-2H3,(H,23,24,25). The van der Waals surface area contributed by atoms with Crippen molar-refractivity contribution in [1.29, 1.82) is 0 Å². The molecular formula is C21H17FN2O2S. The number of H-pyrrole nitrogens is 1. The van der Waals surface area contributed by atoms with Crippen LogP contribution in [0.5, 0.6) is 5.75 Å². The van der Waals surface area contributed by atoms with E-state index in [4.69, 9.17) is 4.74 Å². The summed E-state index contributed by atoms with van der Waals surface area (Å²) in [4.78, 5) is 20.7. The number of aromatic amines is 1. The van der Waals surface area contributed by atoms with Crippen LogP contribution in [0, 0.1) is 12.7 Å². The summed E-state index contributed by atoms with van der Waals surface area (Å²) in [6.45, 7) is 1.96. The first-order valence-corrected chi connectivity index (χ1v) is 9.33. The van der Waals surface area contributed by atoms with E-state index in [2.05, 4.69) is 9.97 Å². The second-order valence-corrected chi connectivity index (χ2v) is 7.15. The van der Waals surface area contributed by atoms with Gasteiger partial charge in [0.25, 0.3) is 5.56 Å². The number of halogens is 1. The summed E-state index contributed by atoms with van der Waals surface area (Å²) in [5.74, 6) is 0.954. The molecule has 136 valence electrons. The number of hydrogen-bond donors (Lipinski definition) is 1. The number of fused-ring (bicyclic) bond motifs is 1. The maximum absolute atomic E-state index is 13.9. The zero-order valence-electron chi connectivity index (χ0n) is 14.9. The molecule has 0 aliphatic carbocycles. The lowest BCUT2D eigenvalue weighted by Gasteiger charge is -2.07. The number of aryl methyl sites for hydroxylation is 1. The van der Waals surface area contributed by atoms with Gasteiger partial charge in [-0.25, -0.2) is 9.37 Å². The molecule has 2 aromatic carbocycles. The van der Waals surface area contributed by atoms with E-state index in [0.29, 0.717) is 21.6 Å². The average Bonchev–Trinajstić information content (AvgIpc) is 3.08. The molecule has 0 aliphatic heterocycles. The van der Waals surface area contributed by atoms with Crippen molar-refractivity contribution in [2.24, 2.45) is 0 Å². The molecule has 1 N–H and O–H groups in total. The van der Waals surface area contributed by atoms with Gasteiger partial charge in [-0.2, -0.15) is 0 Å². The van der Waals surface area contributed by atoms with Crippen molar-refractivity contribution in [1.82, 2.24) is 9.97 Å². The van der Waals surface area contributed by atoms with Crippen LogP contribution in [0.1, 0.15) is 17.0 Å². The molecule has 6 heteroatoms. The fourth-order valence-electron chi connectivity index (χ4n) is 3.16. The van der Waals surface area contributed by atoms with E-state index in [1.807, 2.05) is 30.5 Å². The van der Waals surface area contributed by atoms with E-state index in [0.717, 1.165) is 22.4 Å². The molecule has 0 unspecified atom stereocenters. The van der Waals surface area contributed by atoms with Gasteiger partial charge >= 0.3 is 0 Å². The number of benzene rings is 2. The summed E-state index contributed by atoms with van der Waals surface area (Å²) < 4.78 is 19.2. The third-order valence-corrected chi connectivity index (χ3v) is 5.39. The van der Waals surface area contributed by atoms with E-state index in [-0.39, 0.29) is 17.8 Å². The predicted octanol–water partition coefficient (Wildman–Crippen LogP) is 4.70. The lowest BCUT2D eigenvalue weighted by atomic mass is 10.0. The molecule has 4 rings (SSSR count). The van der Waals surface area contributed by atoms with Crippen molar-refractivity contribution in [3.8, 4) is 16.9 Å². The van der Waals surface area contributed by atoms with Crippen LogP contribution in [0.2, 0.25) is 0 Å². The van der Waals surface area contributed by atoms with Crippen LogP contribution in [-0.2, 0) is 6.42 Å². The van der Waals surface area contributed by atoms with Crippen LogP contribution >= 0.6 is 11.3 Å². The Labute approximate surface area is 159 Å². The van der Waals surface area contributed by atoms with E-state index in [1.54, 1.807) is 25.3 Å². The first kappa shape index (κ1) is 17.4. The van der Waals surface area contributed by atoms with Crippen LogP contribution in [0.4, 0.5) is 4.39 Å². The molecule has 2 aromatic heterocycles. The highest BCUT2D eigenvalue weighted by molar-refractivity contribution is 7.17. The molecule has 2 heterocycles. The Bertz CT molecular complexity index is 1200. The van der Waals surface area contributed by atoms with E-state index in [1.165, 1.54) is 17.4 Å². The molecule has 0 aliphatic rings. The van der Waals surface area contributed by atoms with Gasteiger partial charge in [0.05, 0.1) is 12.5 Å². The Kier molecular flexibility index (Phi) is 4.49. The van der Waals surface area contributed by atoms with Gasteiger partial charge < -0.3 is 9.72 Å². The van der Waals surface area contributed by atoms with E-state index in [9.17, 15) is 9.18 Å². The molecule has 27 heavy (non-hydrogen) atoms. The molecular weight excluding hydrogens is 363 g/mol. The van der Waals surface area contributed by atoms with Gasteiger partial charge in [-0.3, -0.25) is 4.79 Å². The molecule has 4 nitrogen and oxygen atoms in total. The maximum Gasteiger partial charge on any atom is 0.260 e. The number of nitrogens with zero attached hydrogens (tertiary/aromatic N) is 1. The fourth-order valence-corrected chi connectivity index (χ4v) is 4.12. The third kappa shape index (κ3) is 3.24. The third-order valence-electron chi connectivity index (χ3n) is 4.51. The Hall–Kier alpha value is -2.99. The van der Waals surface area contributed by atoms with Gasteiger partial charge in [0.2, 0.25) is 0 Å². The first-order valence-electron chi connectivity index (χ1n) is 8.45. The molecule has 0 bridgehead atoms. The van der Waals surface area contributed by atoms with Crippen LogP contribution in [0.25, 0.3) is 21.3 Å². The van der Waals surface area contributed by atoms with Gasteiger partial charge in [-0.15, -0.1) is 11.3 Å². The van der Waals surface area contributed by atoms with Crippen molar-refractivity contribution in [3.63, 3.8) is 0 Å². The summed E-state index contributed by atoms with van der Waals surface area (Å²) >= 11 is 1.41. The van der Waals surface area contributed by atoms with Crippen LogP contribution in [-0.4, -0.2) is 17.1 Å². The number of rotatable bonds is 4. The van der Waals surface area contributed by atoms with Crippen LogP contribution in [0.3, 0.4) is 0 Å². The molecule has 4 aromatic rings. The SMILES string of the molecule is COc1ccc(-c2csc3nc(Cc4ccccc4F)[nH]c(=O)c23)cc1C. The number of thiophene rings is 1. The smallest absolute Gasteiger partial charge is 0.260 e. The topological polar surface area (TPSA) is 55.0 Å². The van der Waals surface area contributed by atoms with Crippen molar-refractivity contribution < 1.29 is 9.13 Å². The number of methoxy groups -OCH3 is 1. The molecule has 0 amide bonds. The summed E-state index contributed by atoms with van der Waals surface area (Å²) in [7, 11) is 1.63. The summed E-state index contributed by atoms with van der Waals surface area (Å²) in [6, 6.07) is 12.3. The Morgan fingerprint density at radius 2 is 2.04 bits per heavy atom. The number of aromatic nitrogens is 2. The minimum absolute atomic E-state index is 0.212. The van der Waals surface area contributed by atoms with E-state index < -0.39 is 0 Å². The molecule has 0 atom stereocenters. The Morgan fingerprint density at radius 1 is 1.22 bits per heavy atom. The minimum Gasteiger partial charge on any atom is -0.496 e. The second-order valence-electron chi connectivity index (χ2n) is 6.29. The normalized spacial score (nSPS) is 11.1. The molecule has 0 radical (unpaired) electrons. The van der Waals surface area contributed by atoms with Crippen molar-refractivity contribution in [3.05, 3.63) is 81.0 Å². The zero-order chi connectivity index (χ0) is 19.0. The van der Waals surface area contributed by atoms with Crippen molar-refractivity contribution >= 4 is 21.6 Å². The van der Waals surface area contributed by atoms with Gasteiger partial charge in [0, 0.05) is 17.4 Å². The lowest BCUT2D eigenvalue weighted by molar-refractivity contribution is 0.412. The number of nitrogens with one attached hydrogen (secondary N) is 1. The summed E-state index contributed by atoms with van der Waals surface area (Å²) in [6.07, 6.45) is 0.243. The highest BCUT2D eigenvalue weighted by Crippen LogP contribution is 2.33. The summed E-state index contributed by atoms with van der Waals surface area (Å²) in [5, 5.41) is 2.49. The van der Waals surface area contributed by atoms with Crippen LogP contribution < -0.4 is 10.3 Å². The van der Waals surface area contributed by atoms with Crippen molar-refractivity contribution in [2.75, 3.05) is 7.11 Å². The minimum atomic E-state index is -0.305. The molecule has 0 fully saturated rings. The fraction of sp³-hybridized carbons (Fsp3) is 0.143. The average molecular weight is 380 g/mol. The monoisotopic (exact) mass is 380 g/mol. The number of ether oxygens (including phenoxy) is 1. The van der Waals surface area contributed by atoms with E-state index >= 15 is 0 Å². The Morgan fingerprint density at radius 3 is 2.78 bits per heavy atom. The maximum atomic E-state index is 13.9. The lowest BCUT2D eigenvalue weighted by Crippen LogP contribution is -2.12. The largest absolute Gasteiger partial charge is 0.496 e. The predicted molar refractivity (Wildman–Crippen MR) is 106 cm³/mol. The highest BCUT2D eigenvalue weighted by Gasteiger charge is 2.14. The molecule has 0 spiro atoms. The number of hydrogen-bond acceptors (Lipinski definition) is 4. The highest BCUT2D eigenvalue weighted by atomic mass is 32.1. The van der Waals surface area contributed by atoms with Gasteiger partial charge in [0.15, 0.2) is 0 Å². The first-order chi connectivity index (χ1) is 13.1. The van der Waals surface area contributed by atoms with Gasteiger partial charge in [0.1, 0.15) is 22.2 Å². The van der Waals surface area contributed by atoms with Crippen molar-refractivity contribution in [2.45, 2.75) is 13.3 Å². The molecule has 0 saturated carbocycles. The quantitative estimate of drug-likeness (QED) is 0.558. The van der Waals surface area contributed by atoms with Crippen LogP contribution in [0.15, 0.2) is 52.6 Å². The van der Waals surface area contributed by atoms with Gasteiger partial charge in [-0.1, -0.05) is 24.3 Å².